The van der Waals surface area contributed by atoms with Gasteiger partial charge in [-0.2, -0.15) is 0 Å². The van der Waals surface area contributed by atoms with E-state index in [-0.39, 0.29) is 0 Å². The van der Waals surface area contributed by atoms with Gasteiger partial charge in [0.25, 0.3) is 0 Å². The van der Waals surface area contributed by atoms with Gasteiger partial charge in [-0.15, -0.1) is 0 Å². The molecule has 0 aliphatic heterocycles. The molecule has 0 radical (unpaired) electrons. The molecule has 4 heteroatoms. The van der Waals surface area contributed by atoms with Gasteiger partial charge in [0, 0.05) is 17.2 Å². The Balaban J connectivity index is 0.000000364. The normalized spacial score (nSPS) is 8.43. The Morgan fingerprint density at radius 3 is 2.14 bits per heavy atom. The zero-order chi connectivity index (χ0) is 11.1. The molecule has 1 aromatic rings. The van der Waals surface area contributed by atoms with E-state index in [1.54, 1.807) is 12.1 Å². The van der Waals surface area contributed by atoms with Crippen LogP contribution in [0, 0.1) is 0 Å². The number of phenolic OH excluding ortho intramolecular Hbond substituents is 1. The number of carboxylic acid groups (broad SMARTS) is 1. The van der Waals surface area contributed by atoms with Crippen LogP contribution in [-0.4, -0.2) is 15.6 Å². The average Bonchev–Trinajstić information content (AvgIpc) is 2.03. The summed E-state index contributed by atoms with van der Waals surface area (Å²) in [6.45, 7) is 5.60. The van der Waals surface area contributed by atoms with Crippen LogP contribution in [0.3, 0.4) is 0 Å². The number of allylic oxidation sites excluding steroid dienone is 1. The molecule has 76 valence electrons. The highest BCUT2D eigenvalue weighted by Crippen LogP contribution is 2.21. The van der Waals surface area contributed by atoms with Crippen LogP contribution in [0.1, 0.15) is 12.5 Å². The lowest BCUT2D eigenvalue weighted by atomic mass is 10.1. The molecule has 2 N–H and O–H groups in total. The Bertz CT molecular complexity index is 330. The molecule has 1 rings (SSSR count). The van der Waals surface area contributed by atoms with Crippen molar-refractivity contribution in [2.24, 2.45) is 0 Å². The third-order valence-corrected chi connectivity index (χ3v) is 1.36. The second kappa shape index (κ2) is 6.05. The number of halogens is 1. The lowest BCUT2D eigenvalue weighted by Gasteiger charge is -2.00. The maximum absolute atomic E-state index is 9.22. The van der Waals surface area contributed by atoms with Gasteiger partial charge in [-0.05, 0) is 18.6 Å². The molecule has 0 saturated carbocycles. The standard InChI is InChI=1S/C9H10O.CHClO2/c1-7(2)8-5-3-4-6-9(8)10;2-1(3)4/h3-6,10H,1H2,2H3;(H,3,4). The SMILES string of the molecule is C=C(C)c1ccccc1O.O=C(O)Cl. The summed E-state index contributed by atoms with van der Waals surface area (Å²) < 4.78 is 0. The fraction of sp³-hybridized carbons (Fsp3) is 0.100. The predicted octanol–water partition coefficient (Wildman–Crippen LogP) is 3.33. The molecule has 0 amide bonds. The molecule has 0 aliphatic rings. The van der Waals surface area contributed by atoms with Crippen molar-refractivity contribution in [3.05, 3.63) is 36.4 Å². The topological polar surface area (TPSA) is 57.5 Å². The second-order valence-corrected chi connectivity index (χ2v) is 2.87. The summed E-state index contributed by atoms with van der Waals surface area (Å²) in [5, 5.41) is 16.4. The van der Waals surface area contributed by atoms with Gasteiger partial charge in [0.2, 0.25) is 0 Å². The molecular weight excluding hydrogens is 204 g/mol. The quantitative estimate of drug-likeness (QED) is 0.705. The Kier molecular flexibility index (Phi) is 5.41. The smallest absolute Gasteiger partial charge is 0.401 e. The molecule has 0 unspecified atom stereocenters. The average molecular weight is 215 g/mol. The number of hydrogen-bond donors (Lipinski definition) is 2. The van der Waals surface area contributed by atoms with E-state index < -0.39 is 5.43 Å². The van der Waals surface area contributed by atoms with Gasteiger partial charge in [0.05, 0.1) is 0 Å². The summed E-state index contributed by atoms with van der Waals surface area (Å²) in [5.41, 5.74) is 0.348. The number of hydrogen-bond acceptors (Lipinski definition) is 2. The van der Waals surface area contributed by atoms with Crippen LogP contribution < -0.4 is 0 Å². The summed E-state index contributed by atoms with van der Waals surface area (Å²) in [6, 6.07) is 7.17. The lowest BCUT2D eigenvalue weighted by molar-refractivity contribution is 0.220. The van der Waals surface area contributed by atoms with Crippen molar-refractivity contribution in [3.8, 4) is 5.75 Å². The molecule has 0 aromatic heterocycles. The fourth-order valence-electron chi connectivity index (χ4n) is 0.835. The van der Waals surface area contributed by atoms with Crippen LogP contribution in [0.4, 0.5) is 4.79 Å². The molecule has 14 heavy (non-hydrogen) atoms. The summed E-state index contributed by atoms with van der Waals surface area (Å²) in [6.07, 6.45) is 0. The first kappa shape index (κ1) is 12.5. The number of phenols is 1. The van der Waals surface area contributed by atoms with Crippen molar-refractivity contribution in [1.82, 2.24) is 0 Å². The van der Waals surface area contributed by atoms with Crippen LogP contribution in [0.5, 0.6) is 5.75 Å². The van der Waals surface area contributed by atoms with Gasteiger partial charge >= 0.3 is 5.43 Å². The van der Waals surface area contributed by atoms with E-state index in [1.807, 2.05) is 19.1 Å². The van der Waals surface area contributed by atoms with Gasteiger partial charge in [-0.25, -0.2) is 4.79 Å². The van der Waals surface area contributed by atoms with Crippen molar-refractivity contribution in [2.45, 2.75) is 6.92 Å². The van der Waals surface area contributed by atoms with Gasteiger partial charge in [-0.1, -0.05) is 24.8 Å². The number of benzene rings is 1. The molecule has 0 bridgehead atoms. The Morgan fingerprint density at radius 1 is 1.43 bits per heavy atom. The van der Waals surface area contributed by atoms with E-state index in [2.05, 4.69) is 18.2 Å². The zero-order valence-electron chi connectivity index (χ0n) is 7.70. The molecule has 0 atom stereocenters. The van der Waals surface area contributed by atoms with Crippen molar-refractivity contribution in [3.63, 3.8) is 0 Å². The molecular formula is C10H11ClO3. The van der Waals surface area contributed by atoms with Crippen molar-refractivity contribution >= 4 is 22.6 Å². The maximum Gasteiger partial charge on any atom is 0.401 e. The Hall–Kier alpha value is -1.48. The van der Waals surface area contributed by atoms with Crippen molar-refractivity contribution < 1.29 is 15.0 Å². The summed E-state index contributed by atoms with van der Waals surface area (Å²) in [7, 11) is 0. The lowest BCUT2D eigenvalue weighted by Crippen LogP contribution is -1.76. The van der Waals surface area contributed by atoms with Crippen molar-refractivity contribution in [1.29, 1.82) is 0 Å². The molecule has 0 aliphatic carbocycles. The van der Waals surface area contributed by atoms with Gasteiger partial charge in [0.15, 0.2) is 0 Å². The predicted molar refractivity (Wildman–Crippen MR) is 56.7 cm³/mol. The summed E-state index contributed by atoms with van der Waals surface area (Å²) in [5.74, 6) is 0.301. The summed E-state index contributed by atoms with van der Waals surface area (Å²) in [4.78, 5) is 8.77. The molecule has 0 fully saturated rings. The van der Waals surface area contributed by atoms with Crippen LogP contribution in [0.15, 0.2) is 30.8 Å². The fourth-order valence-corrected chi connectivity index (χ4v) is 0.835. The Morgan fingerprint density at radius 2 is 1.86 bits per heavy atom. The first-order valence-electron chi connectivity index (χ1n) is 3.77. The Labute approximate surface area is 87.3 Å². The number of aromatic hydroxyl groups is 1. The number of carbonyl (C=O) groups is 1. The van der Waals surface area contributed by atoms with Gasteiger partial charge in [0.1, 0.15) is 5.75 Å². The monoisotopic (exact) mass is 214 g/mol. The largest absolute Gasteiger partial charge is 0.507 e. The molecule has 0 spiro atoms. The highest BCUT2D eigenvalue weighted by molar-refractivity contribution is 6.60. The van der Waals surface area contributed by atoms with Crippen LogP contribution in [0.2, 0.25) is 0 Å². The van der Waals surface area contributed by atoms with E-state index in [0.717, 1.165) is 11.1 Å². The van der Waals surface area contributed by atoms with E-state index in [9.17, 15) is 5.11 Å². The van der Waals surface area contributed by atoms with Gasteiger partial charge in [-0.3, -0.25) is 0 Å². The number of para-hydroxylation sites is 1. The van der Waals surface area contributed by atoms with E-state index in [1.165, 1.54) is 0 Å². The van der Waals surface area contributed by atoms with Crippen LogP contribution in [-0.2, 0) is 0 Å². The van der Waals surface area contributed by atoms with Crippen LogP contribution >= 0.6 is 11.6 Å². The minimum Gasteiger partial charge on any atom is -0.507 e. The molecule has 1 aromatic carbocycles. The van der Waals surface area contributed by atoms with E-state index in [4.69, 9.17) is 9.90 Å². The minimum absolute atomic E-state index is 0.301. The van der Waals surface area contributed by atoms with E-state index >= 15 is 0 Å². The van der Waals surface area contributed by atoms with Gasteiger partial charge < -0.3 is 10.2 Å². The molecule has 0 heterocycles. The van der Waals surface area contributed by atoms with Crippen LogP contribution in [0.25, 0.3) is 5.57 Å². The molecule has 0 saturated heterocycles. The zero-order valence-corrected chi connectivity index (χ0v) is 8.45. The molecule has 3 nitrogen and oxygen atoms in total. The second-order valence-electron chi connectivity index (χ2n) is 2.55. The summed E-state index contributed by atoms with van der Waals surface area (Å²) >= 11 is 4.19. The third kappa shape index (κ3) is 5.22. The third-order valence-electron chi connectivity index (χ3n) is 1.36. The number of rotatable bonds is 1. The first-order chi connectivity index (χ1) is 6.45. The first-order valence-corrected chi connectivity index (χ1v) is 4.15. The van der Waals surface area contributed by atoms with Crippen molar-refractivity contribution in [2.75, 3.05) is 0 Å². The van der Waals surface area contributed by atoms with E-state index in [0.29, 0.717) is 5.75 Å². The maximum atomic E-state index is 9.22. The highest BCUT2D eigenvalue weighted by atomic mass is 35.5. The minimum atomic E-state index is -1.36. The highest BCUT2D eigenvalue weighted by Gasteiger charge is 1.96.